The largest absolute Gasteiger partial charge is 0.497 e. The molecule has 1 aliphatic heterocycles. The molecule has 1 N–H and O–H groups in total. The quantitative estimate of drug-likeness (QED) is 0.695. The third-order valence-corrected chi connectivity index (χ3v) is 5.76. The Bertz CT molecular complexity index is 943. The Kier molecular flexibility index (Phi) is 6.82. The third-order valence-electron chi connectivity index (χ3n) is 4.39. The highest BCUT2D eigenvalue weighted by Gasteiger charge is 2.40. The predicted octanol–water partition coefficient (Wildman–Crippen LogP) is 3.45. The third kappa shape index (κ3) is 5.23. The molecule has 1 aliphatic rings. The molecule has 1 heterocycles. The maximum absolute atomic E-state index is 13.5. The summed E-state index contributed by atoms with van der Waals surface area (Å²) in [6.45, 7) is -0.880. The van der Waals surface area contributed by atoms with Crippen LogP contribution in [0.5, 0.6) is 5.75 Å². The number of anilines is 1. The number of fused-ring (bicyclic) bond motifs is 1. The summed E-state index contributed by atoms with van der Waals surface area (Å²) in [5, 5.41) is 1.95. The van der Waals surface area contributed by atoms with E-state index < -0.39 is 30.2 Å². The lowest BCUT2D eigenvalue weighted by Gasteiger charge is -2.27. The molecule has 0 saturated carbocycles. The first-order chi connectivity index (χ1) is 14.7. The van der Waals surface area contributed by atoms with Crippen LogP contribution in [0.3, 0.4) is 0 Å². The van der Waals surface area contributed by atoms with Gasteiger partial charge < -0.3 is 19.7 Å². The van der Waals surface area contributed by atoms with Crippen molar-refractivity contribution in [2.45, 2.75) is 23.2 Å². The summed E-state index contributed by atoms with van der Waals surface area (Å²) < 4.78 is 32.7. The molecule has 3 rings (SSSR count). The first-order valence-corrected chi connectivity index (χ1v) is 9.71. The minimum Gasteiger partial charge on any atom is -0.497 e. The summed E-state index contributed by atoms with van der Waals surface area (Å²) in [6.07, 6.45) is -1.07. The summed E-state index contributed by atoms with van der Waals surface area (Å²) in [7, 11) is 1.57. The molecule has 0 aliphatic carbocycles. The van der Waals surface area contributed by atoms with Crippen molar-refractivity contribution in [1.29, 1.82) is 0 Å². The van der Waals surface area contributed by atoms with E-state index in [0.29, 0.717) is 11.4 Å². The Hall–Kier alpha value is -2.22. The van der Waals surface area contributed by atoms with Gasteiger partial charge in [0.05, 0.1) is 18.0 Å². The van der Waals surface area contributed by atoms with E-state index in [0.717, 1.165) is 10.5 Å². The van der Waals surface area contributed by atoms with Crippen molar-refractivity contribution in [3.63, 3.8) is 0 Å². The van der Waals surface area contributed by atoms with Gasteiger partial charge in [-0.15, -0.1) is 24.2 Å². The zero-order chi connectivity index (χ0) is 22.6. The predicted molar refractivity (Wildman–Crippen MR) is 117 cm³/mol. The fourth-order valence-corrected chi connectivity index (χ4v) is 4.42. The second-order valence-electron chi connectivity index (χ2n) is 6.23. The number of nitrogens with one attached hydrogen (secondary N) is 1. The number of esters is 1. The van der Waals surface area contributed by atoms with Gasteiger partial charge in [-0.25, -0.2) is 0 Å². The summed E-state index contributed by atoms with van der Waals surface area (Å²) >= 11 is 1.43. The van der Waals surface area contributed by atoms with E-state index in [-0.39, 0.29) is 25.5 Å². The topological polar surface area (TPSA) is 67.9 Å². The van der Waals surface area contributed by atoms with E-state index in [9.17, 15) is 9.59 Å². The monoisotopic (exact) mass is 439 g/mol. The van der Waals surface area contributed by atoms with Gasteiger partial charge in [0, 0.05) is 29.0 Å². The molecule has 8 heteroatoms. The molecule has 0 spiro atoms. The standard InChI is InChI=1S/C21H24N2O4S.ClH/c1-14(24)27-19-20(15-8-10-16(26-3)11-9-15)28-18-7-5-4-6-17(18)23(21(19)25)13-12-22-2;/h4-11,19-20,22H,12-13H2,1-3H3;1H/t19-,20+;/m0./s1/i2D3;. The normalized spacial score (nSPS) is 20.3. The van der Waals surface area contributed by atoms with Crippen LogP contribution in [0.1, 0.15) is 21.8 Å². The number of nitrogens with zero attached hydrogens (tertiary/aromatic N) is 1. The molecule has 0 bridgehead atoms. The van der Waals surface area contributed by atoms with Crippen molar-refractivity contribution in [2.75, 3.05) is 32.1 Å². The van der Waals surface area contributed by atoms with Crippen LogP contribution in [0.15, 0.2) is 53.4 Å². The maximum Gasteiger partial charge on any atom is 0.303 e. The van der Waals surface area contributed by atoms with Crippen LogP contribution in [0.4, 0.5) is 5.69 Å². The van der Waals surface area contributed by atoms with Gasteiger partial charge in [-0.3, -0.25) is 9.59 Å². The lowest BCUT2D eigenvalue weighted by atomic mass is 10.1. The highest BCUT2D eigenvalue weighted by atomic mass is 35.5. The number of hydrogen-bond donors (Lipinski definition) is 1. The summed E-state index contributed by atoms with van der Waals surface area (Å²) in [6, 6.07) is 14.6. The molecule has 1 amide bonds. The van der Waals surface area contributed by atoms with Gasteiger partial charge >= 0.3 is 5.97 Å². The Labute approximate surface area is 185 Å². The van der Waals surface area contributed by atoms with E-state index in [1.807, 2.05) is 30.3 Å². The first-order valence-electron chi connectivity index (χ1n) is 10.3. The van der Waals surface area contributed by atoms with Crippen molar-refractivity contribution in [2.24, 2.45) is 0 Å². The molecule has 0 fully saturated rings. The molecule has 2 aromatic carbocycles. The van der Waals surface area contributed by atoms with Gasteiger partial charge in [0.1, 0.15) is 5.75 Å². The molecule has 0 aromatic heterocycles. The number of amides is 1. The fourth-order valence-electron chi connectivity index (χ4n) is 3.11. The van der Waals surface area contributed by atoms with Crippen molar-refractivity contribution in [3.8, 4) is 5.75 Å². The maximum atomic E-state index is 13.5. The van der Waals surface area contributed by atoms with Crippen LogP contribution in [0, 0.1) is 0 Å². The van der Waals surface area contributed by atoms with Crippen LogP contribution in [-0.4, -0.2) is 45.2 Å². The van der Waals surface area contributed by atoms with E-state index in [2.05, 4.69) is 5.32 Å². The van der Waals surface area contributed by atoms with Crippen LogP contribution < -0.4 is 15.0 Å². The van der Waals surface area contributed by atoms with E-state index >= 15 is 0 Å². The highest BCUT2D eigenvalue weighted by molar-refractivity contribution is 7.99. The molecule has 2 aromatic rings. The zero-order valence-electron chi connectivity index (χ0n) is 19.1. The lowest BCUT2D eigenvalue weighted by molar-refractivity contribution is -0.152. The number of rotatable bonds is 6. The Morgan fingerprint density at radius 2 is 1.97 bits per heavy atom. The minimum atomic E-state index is -2.32. The van der Waals surface area contributed by atoms with Crippen LogP contribution >= 0.6 is 24.2 Å². The summed E-state index contributed by atoms with van der Waals surface area (Å²) in [4.78, 5) is 27.7. The molecular weight excluding hydrogens is 412 g/mol. The van der Waals surface area contributed by atoms with Gasteiger partial charge in [-0.1, -0.05) is 24.3 Å². The molecule has 0 unspecified atom stereocenters. The average molecular weight is 440 g/mol. The lowest BCUT2D eigenvalue weighted by Crippen LogP contribution is -2.45. The fraction of sp³-hybridized carbons (Fsp3) is 0.333. The minimum absolute atomic E-state index is 0. The number of halogens is 1. The Morgan fingerprint density at radius 1 is 1.24 bits per heavy atom. The number of thioether (sulfide) groups is 1. The molecule has 0 radical (unpaired) electrons. The summed E-state index contributed by atoms with van der Waals surface area (Å²) in [5.74, 6) is -0.291. The van der Waals surface area contributed by atoms with Crippen LogP contribution in [0.2, 0.25) is 0 Å². The van der Waals surface area contributed by atoms with Gasteiger partial charge in [0.2, 0.25) is 0 Å². The number of methoxy groups -OCH3 is 1. The Morgan fingerprint density at radius 3 is 2.62 bits per heavy atom. The number of para-hydroxylation sites is 1. The van der Waals surface area contributed by atoms with Crippen molar-refractivity contribution in [1.82, 2.24) is 5.32 Å². The van der Waals surface area contributed by atoms with Crippen molar-refractivity contribution in [3.05, 3.63) is 54.1 Å². The number of carbonyl (C=O) groups excluding carboxylic acids is 2. The first kappa shape index (κ1) is 18.8. The number of hydrogen-bond acceptors (Lipinski definition) is 6. The molecule has 156 valence electrons. The number of benzene rings is 2. The van der Waals surface area contributed by atoms with Gasteiger partial charge in [0.25, 0.3) is 5.91 Å². The average Bonchev–Trinajstić information content (AvgIpc) is 2.83. The molecule has 6 nitrogen and oxygen atoms in total. The molecular formula is C21H25ClN2O4S. The van der Waals surface area contributed by atoms with E-state index in [4.69, 9.17) is 13.6 Å². The highest BCUT2D eigenvalue weighted by Crippen LogP contribution is 2.46. The number of likely N-dealkylation sites (N-methyl/N-ethyl adjacent to an activating group) is 1. The van der Waals surface area contributed by atoms with E-state index in [1.165, 1.54) is 23.6 Å². The second kappa shape index (κ2) is 10.5. The molecule has 0 saturated heterocycles. The van der Waals surface area contributed by atoms with Gasteiger partial charge in [-0.05, 0) is 36.8 Å². The SMILES string of the molecule is Cl.[2H]C([2H])([2H])NCCN1C(=O)[C@@H](OC(C)=O)[C@@H](c2ccc(OC)cc2)Sc2ccccc21. The number of carbonyl (C=O) groups is 2. The smallest absolute Gasteiger partial charge is 0.303 e. The Balaban J connectivity index is 0.00000363. The second-order valence-corrected chi connectivity index (χ2v) is 7.41. The summed E-state index contributed by atoms with van der Waals surface area (Å²) in [5.41, 5.74) is 1.46. The molecule has 29 heavy (non-hydrogen) atoms. The van der Waals surface area contributed by atoms with Crippen LogP contribution in [0.25, 0.3) is 0 Å². The van der Waals surface area contributed by atoms with Gasteiger partial charge in [-0.2, -0.15) is 0 Å². The molecule has 2 atom stereocenters. The van der Waals surface area contributed by atoms with E-state index in [1.54, 1.807) is 25.3 Å². The van der Waals surface area contributed by atoms with Gasteiger partial charge in [0.15, 0.2) is 6.10 Å². The van der Waals surface area contributed by atoms with Crippen molar-refractivity contribution < 1.29 is 23.2 Å². The van der Waals surface area contributed by atoms with Crippen LogP contribution in [-0.2, 0) is 14.3 Å². The number of ether oxygens (including phenoxy) is 2. The zero-order valence-corrected chi connectivity index (χ0v) is 17.7. The van der Waals surface area contributed by atoms with Crippen molar-refractivity contribution >= 4 is 41.7 Å².